The molecular formula is C16H18BrN3O3. The van der Waals surface area contributed by atoms with E-state index in [0.29, 0.717) is 12.1 Å². The van der Waals surface area contributed by atoms with Crippen LogP contribution >= 0.6 is 15.9 Å². The minimum Gasteiger partial charge on any atom is -0.361 e. The highest BCUT2D eigenvalue weighted by molar-refractivity contribution is 9.10. The van der Waals surface area contributed by atoms with E-state index in [0.717, 1.165) is 21.5 Å². The molecule has 0 unspecified atom stereocenters. The Kier molecular flexibility index (Phi) is 5.92. The van der Waals surface area contributed by atoms with Crippen molar-refractivity contribution in [2.45, 2.75) is 26.7 Å². The molecule has 0 atom stereocenters. The second-order valence-electron chi connectivity index (χ2n) is 5.11. The number of amides is 2. The Bertz CT molecular complexity index is 693. The van der Waals surface area contributed by atoms with Gasteiger partial charge in [-0.25, -0.2) is 0 Å². The zero-order valence-corrected chi connectivity index (χ0v) is 14.6. The molecule has 0 aliphatic rings. The summed E-state index contributed by atoms with van der Waals surface area (Å²) in [7, 11) is 0. The van der Waals surface area contributed by atoms with Crippen LogP contribution in [0, 0.1) is 13.8 Å². The number of rotatable bonds is 6. The zero-order valence-electron chi connectivity index (χ0n) is 13.0. The van der Waals surface area contributed by atoms with E-state index in [1.807, 2.05) is 32.0 Å². The van der Waals surface area contributed by atoms with Gasteiger partial charge in [0, 0.05) is 16.5 Å². The Labute approximate surface area is 142 Å². The van der Waals surface area contributed by atoms with Crippen LogP contribution in [0.25, 0.3) is 0 Å². The quantitative estimate of drug-likeness (QED) is 0.807. The van der Waals surface area contributed by atoms with Crippen LogP contribution in [0.2, 0.25) is 0 Å². The highest BCUT2D eigenvalue weighted by Gasteiger charge is 2.12. The van der Waals surface area contributed by atoms with Gasteiger partial charge in [0.05, 0.1) is 17.9 Å². The van der Waals surface area contributed by atoms with Gasteiger partial charge in [-0.2, -0.15) is 0 Å². The third-order valence-electron chi connectivity index (χ3n) is 3.38. The van der Waals surface area contributed by atoms with E-state index < -0.39 is 0 Å². The number of benzene rings is 1. The van der Waals surface area contributed by atoms with Crippen molar-refractivity contribution in [1.29, 1.82) is 0 Å². The van der Waals surface area contributed by atoms with E-state index in [9.17, 15) is 9.59 Å². The van der Waals surface area contributed by atoms with Crippen LogP contribution in [0.1, 0.15) is 23.4 Å². The van der Waals surface area contributed by atoms with Gasteiger partial charge in [-0.15, -0.1) is 0 Å². The Morgan fingerprint density at radius 2 is 1.96 bits per heavy atom. The lowest BCUT2D eigenvalue weighted by Crippen LogP contribution is -2.33. The lowest BCUT2D eigenvalue weighted by atomic mass is 10.1. The maximum atomic E-state index is 11.8. The van der Waals surface area contributed by atoms with Crippen molar-refractivity contribution in [1.82, 2.24) is 10.5 Å². The Hall–Kier alpha value is -2.15. The second-order valence-corrected chi connectivity index (χ2v) is 5.96. The maximum absolute atomic E-state index is 11.8. The fourth-order valence-electron chi connectivity index (χ4n) is 2.12. The van der Waals surface area contributed by atoms with Gasteiger partial charge in [-0.05, 0) is 48.3 Å². The summed E-state index contributed by atoms with van der Waals surface area (Å²) in [5.74, 6) is 0.261. The number of nitrogens with zero attached hydrogens (tertiary/aromatic N) is 1. The van der Waals surface area contributed by atoms with E-state index in [1.165, 1.54) is 0 Å². The molecule has 122 valence electrons. The van der Waals surface area contributed by atoms with Crippen molar-refractivity contribution in [3.05, 3.63) is 45.8 Å². The van der Waals surface area contributed by atoms with E-state index in [2.05, 4.69) is 31.7 Å². The third kappa shape index (κ3) is 4.92. The number of aryl methyl sites for hydroxylation is 2. The number of hydrogen-bond acceptors (Lipinski definition) is 4. The van der Waals surface area contributed by atoms with E-state index in [4.69, 9.17) is 4.52 Å². The molecule has 1 heterocycles. The minimum absolute atomic E-state index is 0.0677. The van der Waals surface area contributed by atoms with Crippen LogP contribution in [-0.2, 0) is 16.0 Å². The standard InChI is InChI=1S/C16H18BrN3O3/c1-10-12(11(2)23-20-10)7-8-15(21)18-9-16(22)19-14-6-4-3-5-13(14)17/h3-6H,7-9H2,1-2H3,(H,18,21)(H,19,22). The third-order valence-corrected chi connectivity index (χ3v) is 4.07. The molecule has 7 heteroatoms. The van der Waals surface area contributed by atoms with Gasteiger partial charge in [0.1, 0.15) is 5.76 Å². The van der Waals surface area contributed by atoms with Crippen LogP contribution in [-0.4, -0.2) is 23.5 Å². The molecule has 0 aliphatic carbocycles. The summed E-state index contributed by atoms with van der Waals surface area (Å²) in [4.78, 5) is 23.7. The molecule has 0 spiro atoms. The molecule has 0 saturated carbocycles. The minimum atomic E-state index is -0.275. The molecule has 0 fully saturated rings. The molecule has 2 N–H and O–H groups in total. The van der Waals surface area contributed by atoms with Crippen molar-refractivity contribution in [3.63, 3.8) is 0 Å². The number of carbonyl (C=O) groups excluding carboxylic acids is 2. The first-order valence-electron chi connectivity index (χ1n) is 7.20. The van der Waals surface area contributed by atoms with Crippen molar-refractivity contribution >= 4 is 33.4 Å². The highest BCUT2D eigenvalue weighted by atomic mass is 79.9. The number of hydrogen-bond donors (Lipinski definition) is 2. The number of carbonyl (C=O) groups is 2. The van der Waals surface area contributed by atoms with Crippen molar-refractivity contribution in [2.24, 2.45) is 0 Å². The highest BCUT2D eigenvalue weighted by Crippen LogP contribution is 2.20. The average Bonchev–Trinajstić information content (AvgIpc) is 2.84. The van der Waals surface area contributed by atoms with Crippen molar-refractivity contribution in [2.75, 3.05) is 11.9 Å². The first-order chi connectivity index (χ1) is 11.0. The molecule has 0 bridgehead atoms. The van der Waals surface area contributed by atoms with Gasteiger partial charge in [0.2, 0.25) is 11.8 Å². The predicted octanol–water partition coefficient (Wildman–Crippen LogP) is 2.74. The van der Waals surface area contributed by atoms with Gasteiger partial charge >= 0.3 is 0 Å². The molecule has 0 saturated heterocycles. The van der Waals surface area contributed by atoms with Gasteiger partial charge in [0.25, 0.3) is 0 Å². The molecule has 0 radical (unpaired) electrons. The number of anilines is 1. The molecule has 2 rings (SSSR count). The van der Waals surface area contributed by atoms with Crippen molar-refractivity contribution < 1.29 is 14.1 Å². The van der Waals surface area contributed by atoms with E-state index in [1.54, 1.807) is 6.07 Å². The topological polar surface area (TPSA) is 84.2 Å². The fourth-order valence-corrected chi connectivity index (χ4v) is 2.51. The fraction of sp³-hybridized carbons (Fsp3) is 0.312. The molecule has 23 heavy (non-hydrogen) atoms. The van der Waals surface area contributed by atoms with Crippen LogP contribution in [0.5, 0.6) is 0 Å². The normalized spacial score (nSPS) is 10.4. The molecule has 6 nitrogen and oxygen atoms in total. The van der Waals surface area contributed by atoms with Crippen molar-refractivity contribution in [3.8, 4) is 0 Å². The molecule has 1 aromatic heterocycles. The van der Waals surface area contributed by atoms with Crippen LogP contribution < -0.4 is 10.6 Å². The van der Waals surface area contributed by atoms with Crippen LogP contribution in [0.3, 0.4) is 0 Å². The lowest BCUT2D eigenvalue weighted by molar-refractivity contribution is -0.124. The summed E-state index contributed by atoms with van der Waals surface area (Å²) < 4.78 is 5.84. The van der Waals surface area contributed by atoms with Crippen LogP contribution in [0.4, 0.5) is 5.69 Å². The van der Waals surface area contributed by atoms with Gasteiger partial charge in [-0.1, -0.05) is 17.3 Å². The summed E-state index contributed by atoms with van der Waals surface area (Å²) in [6, 6.07) is 7.29. The summed E-state index contributed by atoms with van der Waals surface area (Å²) in [5.41, 5.74) is 2.40. The number of para-hydroxylation sites is 1. The Morgan fingerprint density at radius 3 is 2.61 bits per heavy atom. The van der Waals surface area contributed by atoms with Gasteiger partial charge in [-0.3, -0.25) is 9.59 Å². The number of aromatic nitrogens is 1. The molecular weight excluding hydrogens is 362 g/mol. The lowest BCUT2D eigenvalue weighted by Gasteiger charge is -2.08. The largest absolute Gasteiger partial charge is 0.361 e. The average molecular weight is 380 g/mol. The molecule has 2 amide bonds. The van der Waals surface area contributed by atoms with E-state index in [-0.39, 0.29) is 24.8 Å². The number of nitrogens with one attached hydrogen (secondary N) is 2. The van der Waals surface area contributed by atoms with Crippen LogP contribution in [0.15, 0.2) is 33.3 Å². The SMILES string of the molecule is Cc1noc(C)c1CCC(=O)NCC(=O)Nc1ccccc1Br. The first-order valence-corrected chi connectivity index (χ1v) is 7.99. The summed E-state index contributed by atoms with van der Waals surface area (Å²) in [6.07, 6.45) is 0.823. The Balaban J connectivity index is 1.76. The molecule has 0 aliphatic heterocycles. The Morgan fingerprint density at radius 1 is 1.22 bits per heavy atom. The van der Waals surface area contributed by atoms with Gasteiger partial charge in [0.15, 0.2) is 0 Å². The summed E-state index contributed by atoms with van der Waals surface area (Å²) >= 11 is 3.35. The monoisotopic (exact) mass is 379 g/mol. The van der Waals surface area contributed by atoms with E-state index >= 15 is 0 Å². The second kappa shape index (κ2) is 7.92. The molecule has 1 aromatic carbocycles. The van der Waals surface area contributed by atoms with Gasteiger partial charge < -0.3 is 15.2 Å². The summed E-state index contributed by atoms with van der Waals surface area (Å²) in [5, 5.41) is 9.18. The summed E-state index contributed by atoms with van der Waals surface area (Å²) in [6.45, 7) is 3.59. The molecule has 2 aromatic rings. The number of halogens is 1. The smallest absolute Gasteiger partial charge is 0.243 e. The zero-order chi connectivity index (χ0) is 16.8. The first kappa shape index (κ1) is 17.2. The maximum Gasteiger partial charge on any atom is 0.243 e. The predicted molar refractivity (Wildman–Crippen MR) is 90.1 cm³/mol.